The second-order valence-electron chi connectivity index (χ2n) is 6.69. The van der Waals surface area contributed by atoms with Gasteiger partial charge in [0.2, 0.25) is 5.91 Å². The molecule has 2 amide bonds. The quantitative estimate of drug-likeness (QED) is 0.699. The number of hydrogen-bond donors (Lipinski definition) is 2. The van der Waals surface area contributed by atoms with Crippen molar-refractivity contribution in [1.29, 1.82) is 0 Å². The van der Waals surface area contributed by atoms with E-state index in [9.17, 15) is 14.4 Å². The maximum absolute atomic E-state index is 12.6. The molecule has 2 N–H and O–H groups in total. The molecule has 0 bridgehead atoms. The first-order chi connectivity index (χ1) is 13.2. The maximum Gasteiger partial charge on any atom is 0.266 e. The second kappa shape index (κ2) is 7.47. The third kappa shape index (κ3) is 3.77. The van der Waals surface area contributed by atoms with Gasteiger partial charge in [-0.25, -0.2) is 9.50 Å². The number of rotatable bonds is 4. The predicted octanol–water partition coefficient (Wildman–Crippen LogP) is 2.18. The number of anilines is 1. The minimum absolute atomic E-state index is 0.0446. The van der Waals surface area contributed by atoms with E-state index in [1.807, 2.05) is 6.92 Å². The minimum atomic E-state index is -0.307. The van der Waals surface area contributed by atoms with E-state index in [2.05, 4.69) is 15.4 Å². The van der Waals surface area contributed by atoms with Crippen molar-refractivity contribution in [1.82, 2.24) is 19.5 Å². The number of fused-ring (bicyclic) bond motifs is 1. The highest BCUT2D eigenvalue weighted by atomic mass is 35.5. The average Bonchev–Trinajstić information content (AvgIpc) is 3.00. The van der Waals surface area contributed by atoms with Crippen LogP contribution >= 0.6 is 11.6 Å². The van der Waals surface area contributed by atoms with Crippen LogP contribution in [0.1, 0.15) is 27.3 Å². The Bertz CT molecular complexity index is 1150. The smallest absolute Gasteiger partial charge is 0.266 e. The maximum atomic E-state index is 12.6. The van der Waals surface area contributed by atoms with Crippen molar-refractivity contribution in [2.24, 2.45) is 0 Å². The van der Waals surface area contributed by atoms with Crippen molar-refractivity contribution in [2.45, 2.75) is 20.3 Å². The molecular formula is C19H20ClN5O3. The van der Waals surface area contributed by atoms with Crippen molar-refractivity contribution in [3.05, 3.63) is 62.2 Å². The van der Waals surface area contributed by atoms with Crippen molar-refractivity contribution in [3.8, 4) is 0 Å². The van der Waals surface area contributed by atoms with Gasteiger partial charge in [-0.15, -0.1) is 0 Å². The Hall–Kier alpha value is -3.13. The van der Waals surface area contributed by atoms with Crippen LogP contribution in [0.15, 0.2) is 29.1 Å². The fourth-order valence-electron chi connectivity index (χ4n) is 2.98. The standard InChI is InChI=1S/C19H20ClN5O3/c1-10-13(11(2)25-16(21-10)9-18(27)23-25)8-17(26)22-15-7-12(5-6-14(15)20)19(28)24(3)4/h5-7,9H,8H2,1-4H3,(H,22,26)(H,23,27). The Morgan fingerprint density at radius 2 is 1.96 bits per heavy atom. The number of H-pyrrole nitrogens is 1. The summed E-state index contributed by atoms with van der Waals surface area (Å²) in [5.41, 5.74) is 3.11. The first kappa shape index (κ1) is 19.6. The van der Waals surface area contributed by atoms with Crippen LogP contribution in [-0.2, 0) is 11.2 Å². The predicted molar refractivity (Wildman–Crippen MR) is 107 cm³/mol. The molecule has 0 saturated heterocycles. The molecule has 2 heterocycles. The van der Waals surface area contributed by atoms with Gasteiger partial charge in [-0.2, -0.15) is 0 Å². The molecule has 1 aromatic carbocycles. The summed E-state index contributed by atoms with van der Waals surface area (Å²) in [6.07, 6.45) is 0.0446. The van der Waals surface area contributed by atoms with Crippen LogP contribution in [0.4, 0.5) is 5.69 Å². The van der Waals surface area contributed by atoms with Crippen LogP contribution in [0.3, 0.4) is 0 Å². The summed E-state index contributed by atoms with van der Waals surface area (Å²) in [6.45, 7) is 3.60. The highest BCUT2D eigenvalue weighted by molar-refractivity contribution is 6.33. The fraction of sp³-hybridized carbons (Fsp3) is 0.263. The molecule has 0 spiro atoms. The summed E-state index contributed by atoms with van der Waals surface area (Å²) in [6, 6.07) is 6.13. The lowest BCUT2D eigenvalue weighted by molar-refractivity contribution is -0.115. The number of carbonyl (C=O) groups is 2. The molecule has 28 heavy (non-hydrogen) atoms. The van der Waals surface area contributed by atoms with E-state index >= 15 is 0 Å². The molecular weight excluding hydrogens is 382 g/mol. The Morgan fingerprint density at radius 3 is 2.64 bits per heavy atom. The number of amides is 2. The van der Waals surface area contributed by atoms with Gasteiger partial charge in [-0.1, -0.05) is 11.6 Å². The summed E-state index contributed by atoms with van der Waals surface area (Å²) in [5.74, 6) is -0.497. The topological polar surface area (TPSA) is 99.6 Å². The van der Waals surface area contributed by atoms with Crippen LogP contribution in [0, 0.1) is 13.8 Å². The molecule has 0 unspecified atom stereocenters. The van der Waals surface area contributed by atoms with Gasteiger partial charge in [-0.3, -0.25) is 19.5 Å². The second-order valence-corrected chi connectivity index (χ2v) is 7.10. The number of carbonyl (C=O) groups excluding carboxylic acids is 2. The monoisotopic (exact) mass is 401 g/mol. The third-order valence-electron chi connectivity index (χ3n) is 4.43. The molecule has 146 valence electrons. The minimum Gasteiger partial charge on any atom is -0.345 e. The van der Waals surface area contributed by atoms with Gasteiger partial charge < -0.3 is 10.2 Å². The van der Waals surface area contributed by atoms with E-state index in [4.69, 9.17) is 11.6 Å². The SMILES string of the molecule is Cc1nc2cc(=O)[nH]n2c(C)c1CC(=O)Nc1cc(C(=O)N(C)C)ccc1Cl. The van der Waals surface area contributed by atoms with E-state index in [-0.39, 0.29) is 23.8 Å². The molecule has 2 aromatic heterocycles. The summed E-state index contributed by atoms with van der Waals surface area (Å²) in [7, 11) is 3.30. The normalized spacial score (nSPS) is 10.9. The summed E-state index contributed by atoms with van der Waals surface area (Å²) in [5, 5.41) is 5.74. The molecule has 0 radical (unpaired) electrons. The van der Waals surface area contributed by atoms with E-state index in [1.165, 1.54) is 11.0 Å². The molecule has 0 aliphatic heterocycles. The molecule has 3 aromatic rings. The van der Waals surface area contributed by atoms with Crippen molar-refractivity contribution >= 4 is 34.7 Å². The molecule has 0 fully saturated rings. The van der Waals surface area contributed by atoms with Crippen LogP contribution in [0.5, 0.6) is 0 Å². The Kier molecular flexibility index (Phi) is 5.24. The Labute approximate surface area is 166 Å². The van der Waals surface area contributed by atoms with Gasteiger partial charge in [0.15, 0.2) is 5.65 Å². The number of nitrogens with zero attached hydrogens (tertiary/aromatic N) is 3. The number of aryl methyl sites for hydroxylation is 2. The zero-order chi connectivity index (χ0) is 20.6. The summed E-state index contributed by atoms with van der Waals surface area (Å²) >= 11 is 6.18. The van der Waals surface area contributed by atoms with Gasteiger partial charge in [0, 0.05) is 42.7 Å². The zero-order valence-electron chi connectivity index (χ0n) is 16.0. The van der Waals surface area contributed by atoms with E-state index in [1.54, 1.807) is 43.7 Å². The first-order valence-corrected chi connectivity index (χ1v) is 8.94. The number of hydrogen-bond acceptors (Lipinski definition) is 4. The number of nitrogens with one attached hydrogen (secondary N) is 2. The van der Waals surface area contributed by atoms with Gasteiger partial charge in [-0.05, 0) is 32.0 Å². The van der Waals surface area contributed by atoms with Crippen LogP contribution in [-0.4, -0.2) is 45.4 Å². The molecule has 0 saturated carbocycles. The van der Waals surface area contributed by atoms with Crippen LogP contribution < -0.4 is 10.9 Å². The van der Waals surface area contributed by atoms with Crippen molar-refractivity contribution in [2.75, 3.05) is 19.4 Å². The zero-order valence-corrected chi connectivity index (χ0v) is 16.7. The average molecular weight is 402 g/mol. The van der Waals surface area contributed by atoms with Gasteiger partial charge in [0.25, 0.3) is 11.5 Å². The summed E-state index contributed by atoms with van der Waals surface area (Å²) < 4.78 is 1.56. The highest BCUT2D eigenvalue weighted by Gasteiger charge is 2.16. The lowest BCUT2D eigenvalue weighted by Crippen LogP contribution is -2.22. The third-order valence-corrected chi connectivity index (χ3v) is 4.76. The highest BCUT2D eigenvalue weighted by Crippen LogP contribution is 2.24. The fourth-order valence-corrected chi connectivity index (χ4v) is 3.14. The Balaban J connectivity index is 1.87. The lowest BCUT2D eigenvalue weighted by atomic mass is 10.1. The first-order valence-electron chi connectivity index (χ1n) is 8.56. The van der Waals surface area contributed by atoms with Gasteiger partial charge in [0.1, 0.15) is 0 Å². The largest absolute Gasteiger partial charge is 0.345 e. The number of aromatic amines is 1. The molecule has 0 aliphatic carbocycles. The van der Waals surface area contributed by atoms with Gasteiger partial charge in [0.05, 0.1) is 17.1 Å². The Morgan fingerprint density at radius 1 is 1.25 bits per heavy atom. The van der Waals surface area contributed by atoms with Crippen molar-refractivity contribution in [3.63, 3.8) is 0 Å². The van der Waals surface area contributed by atoms with Crippen LogP contribution in [0.2, 0.25) is 5.02 Å². The van der Waals surface area contributed by atoms with Gasteiger partial charge >= 0.3 is 0 Å². The van der Waals surface area contributed by atoms with Crippen LogP contribution in [0.25, 0.3) is 5.65 Å². The molecule has 0 aliphatic rings. The van der Waals surface area contributed by atoms with E-state index < -0.39 is 0 Å². The van der Waals surface area contributed by atoms with E-state index in [0.717, 1.165) is 5.69 Å². The lowest BCUT2D eigenvalue weighted by Gasteiger charge is -2.14. The van der Waals surface area contributed by atoms with E-state index in [0.29, 0.717) is 33.2 Å². The van der Waals surface area contributed by atoms with Crippen molar-refractivity contribution < 1.29 is 9.59 Å². The summed E-state index contributed by atoms with van der Waals surface area (Å²) in [4.78, 5) is 42.1. The number of benzene rings is 1. The molecule has 0 atom stereocenters. The molecule has 3 rings (SSSR count). The molecule has 9 heteroatoms. The molecule has 8 nitrogen and oxygen atoms in total. The number of aromatic nitrogens is 3. The number of halogens is 1.